The van der Waals surface area contributed by atoms with Gasteiger partial charge in [-0.15, -0.1) is 0 Å². The third-order valence-electron chi connectivity index (χ3n) is 4.07. The molecule has 0 spiro atoms. The Hall–Kier alpha value is -2.28. The number of carboxylic acid groups (broad SMARTS) is 4. The number of hydrazine groups is 1. The van der Waals surface area contributed by atoms with Crippen LogP contribution < -0.4 is 16.1 Å². The van der Waals surface area contributed by atoms with E-state index in [2.05, 4.69) is 16.1 Å². The van der Waals surface area contributed by atoms with E-state index in [1.54, 1.807) is 0 Å². The minimum atomic E-state index is -1.80. The van der Waals surface area contributed by atoms with Gasteiger partial charge in [-0.3, -0.25) is 24.6 Å². The lowest BCUT2D eigenvalue weighted by atomic mass is 9.80. The Morgan fingerprint density at radius 1 is 0.846 bits per heavy atom. The molecule has 12 heteroatoms. The second-order valence-corrected chi connectivity index (χ2v) is 5.99. The molecule has 1 fully saturated rings. The van der Waals surface area contributed by atoms with Gasteiger partial charge in [0.05, 0.1) is 24.8 Å². The lowest BCUT2D eigenvalue weighted by Gasteiger charge is -2.47. The molecule has 1 atom stereocenters. The summed E-state index contributed by atoms with van der Waals surface area (Å²) in [7, 11) is 0. The molecule has 0 aromatic heterocycles. The summed E-state index contributed by atoms with van der Waals surface area (Å²) >= 11 is 0. The van der Waals surface area contributed by atoms with E-state index in [-0.39, 0.29) is 13.1 Å². The fourth-order valence-electron chi connectivity index (χ4n) is 3.08. The average Bonchev–Trinajstić information content (AvgIpc) is 2.48. The minimum absolute atomic E-state index is 0.216. The maximum atomic E-state index is 11.5. The first-order valence-electron chi connectivity index (χ1n) is 8.00. The van der Waals surface area contributed by atoms with Crippen LogP contribution in [0.1, 0.15) is 19.3 Å². The normalized spacial score (nSPS) is 21.6. The molecule has 1 saturated heterocycles. The summed E-state index contributed by atoms with van der Waals surface area (Å²) in [4.78, 5) is 45.6. The summed E-state index contributed by atoms with van der Waals surface area (Å²) in [5, 5.41) is 44.1. The van der Waals surface area contributed by atoms with Crippen LogP contribution in [0.2, 0.25) is 0 Å². The molecule has 1 heterocycles. The fourth-order valence-corrected chi connectivity index (χ4v) is 3.08. The van der Waals surface area contributed by atoms with Crippen molar-refractivity contribution in [3.8, 4) is 0 Å². The Kier molecular flexibility index (Phi) is 8.38. The standard InChI is InChI=1S/C14H24N4O8/c19-10(20)5-9-14(6-11(21)22,7-12(23)24)18(8-13(25)26)17-4-2-15-1-3-16-9/h9,15-17H,1-8H2,(H,19,20)(H,21,22)(H,23,24)(H,25,26). The first-order valence-corrected chi connectivity index (χ1v) is 8.00. The molecule has 0 saturated carbocycles. The van der Waals surface area contributed by atoms with Crippen LogP contribution in [0, 0.1) is 0 Å². The predicted molar refractivity (Wildman–Crippen MR) is 86.5 cm³/mol. The number of aliphatic carboxylic acids is 4. The number of carboxylic acids is 4. The molecular formula is C14H24N4O8. The van der Waals surface area contributed by atoms with Gasteiger partial charge in [0.2, 0.25) is 0 Å². The van der Waals surface area contributed by atoms with Crippen molar-refractivity contribution >= 4 is 23.9 Å². The van der Waals surface area contributed by atoms with E-state index in [9.17, 15) is 39.6 Å². The summed E-state index contributed by atoms with van der Waals surface area (Å²) < 4.78 is 0. The van der Waals surface area contributed by atoms with E-state index in [0.717, 1.165) is 5.01 Å². The van der Waals surface area contributed by atoms with Crippen LogP contribution in [0.15, 0.2) is 0 Å². The molecule has 0 aromatic rings. The molecule has 1 rings (SSSR count). The predicted octanol–water partition coefficient (Wildman–Crippen LogP) is -2.40. The Balaban J connectivity index is 3.45. The molecule has 7 N–H and O–H groups in total. The van der Waals surface area contributed by atoms with Crippen molar-refractivity contribution in [1.29, 1.82) is 0 Å². The Morgan fingerprint density at radius 2 is 1.42 bits per heavy atom. The quantitative estimate of drug-likeness (QED) is 0.238. The Morgan fingerprint density at radius 3 is 1.92 bits per heavy atom. The molecule has 12 nitrogen and oxygen atoms in total. The molecule has 0 radical (unpaired) electrons. The number of nitrogens with zero attached hydrogens (tertiary/aromatic N) is 1. The highest BCUT2D eigenvalue weighted by atomic mass is 16.4. The van der Waals surface area contributed by atoms with Gasteiger partial charge in [0.15, 0.2) is 0 Å². The molecular weight excluding hydrogens is 352 g/mol. The van der Waals surface area contributed by atoms with Gasteiger partial charge in [-0.05, 0) is 0 Å². The van der Waals surface area contributed by atoms with E-state index in [1.807, 2.05) is 0 Å². The number of hydrogen-bond acceptors (Lipinski definition) is 8. The largest absolute Gasteiger partial charge is 0.481 e. The molecule has 26 heavy (non-hydrogen) atoms. The Bertz CT molecular complexity index is 495. The van der Waals surface area contributed by atoms with Gasteiger partial charge in [-0.25, -0.2) is 5.01 Å². The van der Waals surface area contributed by atoms with Crippen molar-refractivity contribution in [2.45, 2.75) is 30.8 Å². The Labute approximate surface area is 149 Å². The van der Waals surface area contributed by atoms with E-state index >= 15 is 0 Å². The van der Waals surface area contributed by atoms with Crippen molar-refractivity contribution in [1.82, 2.24) is 21.1 Å². The lowest BCUT2D eigenvalue weighted by Crippen LogP contribution is -2.69. The van der Waals surface area contributed by atoms with Crippen LogP contribution in [0.5, 0.6) is 0 Å². The number of nitrogens with one attached hydrogen (secondary N) is 3. The van der Waals surface area contributed by atoms with Crippen molar-refractivity contribution < 1.29 is 39.6 Å². The van der Waals surface area contributed by atoms with E-state index in [0.29, 0.717) is 13.1 Å². The van der Waals surface area contributed by atoms with Gasteiger partial charge in [0.1, 0.15) is 6.54 Å². The minimum Gasteiger partial charge on any atom is -0.481 e. The molecule has 1 aliphatic rings. The summed E-state index contributed by atoms with van der Waals surface area (Å²) in [5.41, 5.74) is 0.956. The van der Waals surface area contributed by atoms with Gasteiger partial charge in [0.25, 0.3) is 0 Å². The van der Waals surface area contributed by atoms with Crippen molar-refractivity contribution in [3.63, 3.8) is 0 Å². The molecule has 0 amide bonds. The van der Waals surface area contributed by atoms with E-state index in [1.165, 1.54) is 0 Å². The monoisotopic (exact) mass is 376 g/mol. The van der Waals surface area contributed by atoms with Crippen LogP contribution in [0.25, 0.3) is 0 Å². The lowest BCUT2D eigenvalue weighted by molar-refractivity contribution is -0.157. The molecule has 1 aliphatic heterocycles. The zero-order chi connectivity index (χ0) is 19.7. The molecule has 148 valence electrons. The molecule has 1 unspecified atom stereocenters. The number of hydrogen-bond donors (Lipinski definition) is 7. The SMILES string of the molecule is O=C(O)CC1NCCNCCNN(CC(=O)O)C1(CC(=O)O)CC(=O)O. The van der Waals surface area contributed by atoms with Crippen molar-refractivity contribution in [3.05, 3.63) is 0 Å². The maximum absolute atomic E-state index is 11.5. The van der Waals surface area contributed by atoms with Crippen molar-refractivity contribution in [2.24, 2.45) is 0 Å². The topological polar surface area (TPSA) is 189 Å². The second-order valence-electron chi connectivity index (χ2n) is 5.99. The number of carbonyl (C=O) groups is 4. The van der Waals surface area contributed by atoms with Crippen LogP contribution in [0.3, 0.4) is 0 Å². The highest BCUT2D eigenvalue weighted by molar-refractivity contribution is 5.75. The zero-order valence-corrected chi connectivity index (χ0v) is 14.1. The highest BCUT2D eigenvalue weighted by Gasteiger charge is 2.49. The zero-order valence-electron chi connectivity index (χ0n) is 14.1. The summed E-state index contributed by atoms with van der Waals surface area (Å²) in [6, 6.07) is -1.11. The first kappa shape index (κ1) is 21.8. The van der Waals surface area contributed by atoms with Crippen molar-refractivity contribution in [2.75, 3.05) is 32.7 Å². The van der Waals surface area contributed by atoms with Gasteiger partial charge < -0.3 is 31.1 Å². The van der Waals surface area contributed by atoms with Gasteiger partial charge in [0, 0.05) is 32.2 Å². The maximum Gasteiger partial charge on any atom is 0.319 e. The third-order valence-corrected chi connectivity index (χ3v) is 4.07. The van der Waals surface area contributed by atoms with Gasteiger partial charge in [-0.1, -0.05) is 0 Å². The smallest absolute Gasteiger partial charge is 0.319 e. The van der Waals surface area contributed by atoms with Crippen LogP contribution >= 0.6 is 0 Å². The molecule has 0 bridgehead atoms. The summed E-state index contributed by atoms with van der Waals surface area (Å²) in [6.07, 6.45) is -2.08. The van der Waals surface area contributed by atoms with Crippen LogP contribution in [-0.2, 0) is 19.2 Å². The third kappa shape index (κ3) is 6.55. The molecule has 0 aromatic carbocycles. The number of rotatable bonds is 8. The van der Waals surface area contributed by atoms with E-state index in [4.69, 9.17) is 0 Å². The van der Waals surface area contributed by atoms with Gasteiger partial charge in [-0.2, -0.15) is 0 Å². The molecule has 0 aliphatic carbocycles. The van der Waals surface area contributed by atoms with Gasteiger partial charge >= 0.3 is 23.9 Å². The fraction of sp³-hybridized carbons (Fsp3) is 0.714. The summed E-state index contributed by atoms with van der Waals surface area (Å²) in [5.74, 6) is -5.30. The second kappa shape index (κ2) is 10.0. The van der Waals surface area contributed by atoms with Crippen LogP contribution in [0.4, 0.5) is 0 Å². The highest BCUT2D eigenvalue weighted by Crippen LogP contribution is 2.30. The summed E-state index contributed by atoms with van der Waals surface area (Å²) in [6.45, 7) is 0.664. The first-order chi connectivity index (χ1) is 12.2. The van der Waals surface area contributed by atoms with Crippen LogP contribution in [-0.4, -0.2) is 93.6 Å². The van der Waals surface area contributed by atoms with E-state index < -0.39 is 61.3 Å². The average molecular weight is 376 g/mol.